The summed E-state index contributed by atoms with van der Waals surface area (Å²) in [7, 11) is 0. The number of benzene rings is 3. The predicted molar refractivity (Wildman–Crippen MR) is 98.6 cm³/mol. The van der Waals surface area contributed by atoms with Gasteiger partial charge in [-0.05, 0) is 42.0 Å². The summed E-state index contributed by atoms with van der Waals surface area (Å²) in [6, 6.07) is 21.4. The molecule has 3 rings (SSSR count). The molecule has 0 saturated heterocycles. The van der Waals surface area contributed by atoms with Crippen LogP contribution in [0.2, 0.25) is 0 Å². The van der Waals surface area contributed by atoms with Crippen LogP contribution in [-0.4, -0.2) is 18.0 Å². The van der Waals surface area contributed by atoms with Crippen LogP contribution < -0.4 is 5.32 Å². The largest absolute Gasteiger partial charge is 0.449 e. The first-order chi connectivity index (χ1) is 12.6. The zero-order chi connectivity index (χ0) is 18.5. The molecular weight excluding hydrogens is 328 g/mol. The van der Waals surface area contributed by atoms with E-state index in [1.807, 2.05) is 36.4 Å². The number of nitriles is 1. The Balaban J connectivity index is 1.72. The van der Waals surface area contributed by atoms with Gasteiger partial charge in [0.25, 0.3) is 5.91 Å². The van der Waals surface area contributed by atoms with Gasteiger partial charge < -0.3 is 10.1 Å². The molecule has 0 aromatic heterocycles. The highest BCUT2D eigenvalue weighted by molar-refractivity contribution is 6.05. The molecule has 3 aromatic rings. The van der Waals surface area contributed by atoms with Gasteiger partial charge in [0.05, 0.1) is 17.2 Å². The quantitative estimate of drug-likeness (QED) is 0.728. The van der Waals surface area contributed by atoms with Crippen LogP contribution in [0.25, 0.3) is 10.8 Å². The van der Waals surface area contributed by atoms with Crippen LogP contribution in [0.3, 0.4) is 0 Å². The maximum Gasteiger partial charge on any atom is 0.339 e. The molecule has 5 nitrogen and oxygen atoms in total. The molecular formula is C21H16N2O3. The first kappa shape index (κ1) is 17.2. The lowest BCUT2D eigenvalue weighted by atomic mass is 10.0. The molecule has 0 aliphatic heterocycles. The van der Waals surface area contributed by atoms with Gasteiger partial charge in [0.15, 0.2) is 6.10 Å². The van der Waals surface area contributed by atoms with Crippen molar-refractivity contribution in [3.8, 4) is 6.07 Å². The number of nitrogens with one attached hydrogen (secondary N) is 1. The Kier molecular flexibility index (Phi) is 4.95. The Morgan fingerprint density at radius 3 is 2.58 bits per heavy atom. The number of amides is 1. The van der Waals surface area contributed by atoms with Crippen LogP contribution in [-0.2, 0) is 9.53 Å². The summed E-state index contributed by atoms with van der Waals surface area (Å²) in [5.41, 5.74) is 1.32. The van der Waals surface area contributed by atoms with Crippen LogP contribution in [0.15, 0.2) is 66.7 Å². The molecule has 1 atom stereocenters. The number of anilines is 1. The number of carbonyl (C=O) groups is 2. The standard InChI is InChI=1S/C21H16N2O3/c1-14(20(24)23-17-9-4-6-15(12-17)13-22)26-21(25)19-11-5-8-16-7-2-3-10-18(16)19/h2-12,14H,1H3,(H,23,24)/t14-/m0/s1. The van der Waals surface area contributed by atoms with E-state index in [0.717, 1.165) is 10.8 Å². The van der Waals surface area contributed by atoms with Crippen LogP contribution >= 0.6 is 0 Å². The van der Waals surface area contributed by atoms with E-state index in [4.69, 9.17) is 10.00 Å². The number of fused-ring (bicyclic) bond motifs is 1. The number of hydrogen-bond acceptors (Lipinski definition) is 4. The monoisotopic (exact) mass is 344 g/mol. The molecule has 1 N–H and O–H groups in total. The van der Waals surface area contributed by atoms with Gasteiger partial charge in [-0.2, -0.15) is 5.26 Å². The number of carbonyl (C=O) groups excluding carboxylic acids is 2. The van der Waals surface area contributed by atoms with Crippen molar-refractivity contribution in [1.82, 2.24) is 0 Å². The Bertz CT molecular complexity index is 1020. The molecule has 26 heavy (non-hydrogen) atoms. The molecule has 0 radical (unpaired) electrons. The summed E-state index contributed by atoms with van der Waals surface area (Å²) in [5, 5.41) is 13.2. The molecule has 1 amide bonds. The second-order valence-corrected chi connectivity index (χ2v) is 5.76. The van der Waals surface area contributed by atoms with Crippen molar-refractivity contribution in [2.24, 2.45) is 0 Å². The molecule has 0 bridgehead atoms. The summed E-state index contributed by atoms with van der Waals surface area (Å²) in [4.78, 5) is 24.8. The van der Waals surface area contributed by atoms with Gasteiger partial charge in [0, 0.05) is 5.69 Å². The zero-order valence-corrected chi connectivity index (χ0v) is 14.1. The van der Waals surface area contributed by atoms with Gasteiger partial charge >= 0.3 is 5.97 Å². The van der Waals surface area contributed by atoms with E-state index in [1.165, 1.54) is 6.92 Å². The summed E-state index contributed by atoms with van der Waals surface area (Å²) < 4.78 is 5.32. The minimum atomic E-state index is -0.979. The number of ether oxygens (including phenoxy) is 1. The van der Waals surface area contributed by atoms with E-state index in [9.17, 15) is 9.59 Å². The predicted octanol–water partition coefficient (Wildman–Crippen LogP) is 3.90. The van der Waals surface area contributed by atoms with Gasteiger partial charge in [-0.3, -0.25) is 4.79 Å². The molecule has 0 saturated carbocycles. The molecule has 5 heteroatoms. The van der Waals surface area contributed by atoms with Crippen molar-refractivity contribution in [3.05, 3.63) is 77.9 Å². The van der Waals surface area contributed by atoms with Gasteiger partial charge in [-0.1, -0.05) is 42.5 Å². The fraction of sp³-hybridized carbons (Fsp3) is 0.0952. The maximum atomic E-state index is 12.5. The second-order valence-electron chi connectivity index (χ2n) is 5.76. The average Bonchev–Trinajstić information content (AvgIpc) is 2.67. The second kappa shape index (κ2) is 7.49. The minimum absolute atomic E-state index is 0.411. The normalized spacial score (nSPS) is 11.4. The first-order valence-corrected chi connectivity index (χ1v) is 8.08. The fourth-order valence-electron chi connectivity index (χ4n) is 2.59. The Labute approximate surface area is 150 Å². The molecule has 0 unspecified atom stereocenters. The van der Waals surface area contributed by atoms with Gasteiger partial charge in [-0.25, -0.2) is 4.79 Å². The zero-order valence-electron chi connectivity index (χ0n) is 14.1. The highest BCUT2D eigenvalue weighted by atomic mass is 16.5. The third-order valence-corrected chi connectivity index (χ3v) is 3.92. The van der Waals surface area contributed by atoms with Crippen molar-refractivity contribution in [2.75, 3.05) is 5.32 Å². The lowest BCUT2D eigenvalue weighted by molar-refractivity contribution is -0.123. The van der Waals surface area contributed by atoms with Gasteiger partial charge in [-0.15, -0.1) is 0 Å². The highest BCUT2D eigenvalue weighted by Crippen LogP contribution is 2.20. The van der Waals surface area contributed by atoms with Crippen molar-refractivity contribution in [2.45, 2.75) is 13.0 Å². The van der Waals surface area contributed by atoms with Crippen molar-refractivity contribution >= 4 is 28.3 Å². The smallest absolute Gasteiger partial charge is 0.339 e. The lowest BCUT2D eigenvalue weighted by Crippen LogP contribution is -2.30. The van der Waals surface area contributed by atoms with Crippen molar-refractivity contribution in [3.63, 3.8) is 0 Å². The van der Waals surface area contributed by atoms with E-state index in [0.29, 0.717) is 16.8 Å². The molecule has 128 valence electrons. The topological polar surface area (TPSA) is 79.2 Å². The molecule has 0 heterocycles. The minimum Gasteiger partial charge on any atom is -0.449 e. The van der Waals surface area contributed by atoms with E-state index in [1.54, 1.807) is 36.4 Å². The molecule has 0 aliphatic carbocycles. The number of rotatable bonds is 4. The molecule has 0 spiro atoms. The van der Waals surface area contributed by atoms with Crippen molar-refractivity contribution < 1.29 is 14.3 Å². The van der Waals surface area contributed by atoms with Gasteiger partial charge in [0.2, 0.25) is 0 Å². The molecule has 0 aliphatic rings. The number of hydrogen-bond donors (Lipinski definition) is 1. The Hall–Kier alpha value is -3.65. The summed E-state index contributed by atoms with van der Waals surface area (Å²) in [5.74, 6) is -1.02. The Morgan fingerprint density at radius 2 is 1.77 bits per heavy atom. The summed E-state index contributed by atoms with van der Waals surface area (Å²) in [6.07, 6.45) is -0.979. The number of nitrogens with zero attached hydrogens (tertiary/aromatic N) is 1. The maximum absolute atomic E-state index is 12.5. The fourth-order valence-corrected chi connectivity index (χ4v) is 2.59. The SMILES string of the molecule is C[C@H](OC(=O)c1cccc2ccccc12)C(=O)Nc1cccc(C#N)c1. The lowest BCUT2D eigenvalue weighted by Gasteiger charge is -2.14. The van der Waals surface area contributed by atoms with E-state index >= 15 is 0 Å². The van der Waals surface area contributed by atoms with E-state index in [-0.39, 0.29) is 0 Å². The van der Waals surface area contributed by atoms with Crippen LogP contribution in [0.1, 0.15) is 22.8 Å². The molecule has 0 fully saturated rings. The number of esters is 1. The summed E-state index contributed by atoms with van der Waals surface area (Å²) in [6.45, 7) is 1.51. The van der Waals surface area contributed by atoms with Crippen LogP contribution in [0, 0.1) is 11.3 Å². The highest BCUT2D eigenvalue weighted by Gasteiger charge is 2.20. The Morgan fingerprint density at radius 1 is 1.04 bits per heavy atom. The van der Waals surface area contributed by atoms with Crippen molar-refractivity contribution in [1.29, 1.82) is 5.26 Å². The van der Waals surface area contributed by atoms with Crippen LogP contribution in [0.5, 0.6) is 0 Å². The van der Waals surface area contributed by atoms with E-state index < -0.39 is 18.0 Å². The average molecular weight is 344 g/mol. The van der Waals surface area contributed by atoms with Gasteiger partial charge in [0.1, 0.15) is 0 Å². The third kappa shape index (κ3) is 3.70. The third-order valence-electron chi connectivity index (χ3n) is 3.92. The summed E-state index contributed by atoms with van der Waals surface area (Å²) >= 11 is 0. The molecule has 3 aromatic carbocycles. The first-order valence-electron chi connectivity index (χ1n) is 8.08. The van der Waals surface area contributed by atoms with E-state index in [2.05, 4.69) is 5.32 Å². The van der Waals surface area contributed by atoms with Crippen LogP contribution in [0.4, 0.5) is 5.69 Å².